The van der Waals surface area contributed by atoms with E-state index in [4.69, 9.17) is 10.00 Å². The third-order valence-corrected chi connectivity index (χ3v) is 4.97. The average molecular weight is 310 g/mol. The molecule has 0 fully saturated rings. The van der Waals surface area contributed by atoms with Gasteiger partial charge >= 0.3 is 5.97 Å². The standard InChI is InChI=1S/C14H18N2O4S/c1-10(2)16(4)21(18,19)13-7-5-6-12(8-13)14(17)20-11(3)9-15/h5-8,10-11H,1-4H3/t11-/m0/s1. The summed E-state index contributed by atoms with van der Waals surface area (Å²) in [5.41, 5.74) is 0.0929. The number of ether oxygens (including phenoxy) is 1. The van der Waals surface area contributed by atoms with E-state index in [1.54, 1.807) is 19.9 Å². The van der Waals surface area contributed by atoms with E-state index in [1.165, 1.54) is 42.5 Å². The first-order valence-electron chi connectivity index (χ1n) is 6.39. The van der Waals surface area contributed by atoms with Crippen LogP contribution in [0.2, 0.25) is 0 Å². The summed E-state index contributed by atoms with van der Waals surface area (Å²) < 4.78 is 30.8. The zero-order valence-electron chi connectivity index (χ0n) is 12.4. The van der Waals surface area contributed by atoms with Crippen LogP contribution in [-0.2, 0) is 14.8 Å². The van der Waals surface area contributed by atoms with Gasteiger partial charge in [-0.3, -0.25) is 0 Å². The molecular formula is C14H18N2O4S. The summed E-state index contributed by atoms with van der Waals surface area (Å²) in [6, 6.07) is 7.15. The van der Waals surface area contributed by atoms with Gasteiger partial charge < -0.3 is 4.74 Å². The third kappa shape index (κ3) is 4.03. The maximum atomic E-state index is 12.3. The van der Waals surface area contributed by atoms with Gasteiger partial charge in [0, 0.05) is 13.1 Å². The monoisotopic (exact) mass is 310 g/mol. The van der Waals surface area contributed by atoms with E-state index in [2.05, 4.69) is 0 Å². The summed E-state index contributed by atoms with van der Waals surface area (Å²) in [5.74, 6) is -0.728. The van der Waals surface area contributed by atoms with Crippen molar-refractivity contribution in [3.8, 4) is 6.07 Å². The van der Waals surface area contributed by atoms with Crippen molar-refractivity contribution in [2.24, 2.45) is 0 Å². The number of nitrogens with zero attached hydrogens (tertiary/aromatic N) is 2. The van der Waals surface area contributed by atoms with Gasteiger partial charge in [0.05, 0.1) is 10.5 Å². The first kappa shape index (κ1) is 17.1. The second kappa shape index (κ2) is 6.70. The quantitative estimate of drug-likeness (QED) is 0.774. The van der Waals surface area contributed by atoms with Gasteiger partial charge in [0.25, 0.3) is 0 Å². The minimum atomic E-state index is -3.67. The predicted molar refractivity (Wildman–Crippen MR) is 77.0 cm³/mol. The van der Waals surface area contributed by atoms with Crippen LogP contribution in [0.5, 0.6) is 0 Å². The number of carbonyl (C=O) groups excluding carboxylic acids is 1. The Labute approximate surface area is 125 Å². The molecule has 0 N–H and O–H groups in total. The summed E-state index contributed by atoms with van der Waals surface area (Å²) in [7, 11) is -2.19. The number of hydrogen-bond donors (Lipinski definition) is 0. The summed E-state index contributed by atoms with van der Waals surface area (Å²) in [4.78, 5) is 11.8. The van der Waals surface area contributed by atoms with Gasteiger partial charge in [-0.15, -0.1) is 0 Å². The number of hydrogen-bond acceptors (Lipinski definition) is 5. The van der Waals surface area contributed by atoms with Gasteiger partial charge in [-0.2, -0.15) is 9.57 Å². The van der Waals surface area contributed by atoms with Crippen molar-refractivity contribution in [2.75, 3.05) is 7.05 Å². The van der Waals surface area contributed by atoms with Crippen LogP contribution in [0, 0.1) is 11.3 Å². The Hall–Kier alpha value is -1.91. The number of benzene rings is 1. The molecule has 7 heteroatoms. The highest BCUT2D eigenvalue weighted by Crippen LogP contribution is 2.18. The van der Waals surface area contributed by atoms with Gasteiger partial charge in [-0.1, -0.05) is 6.07 Å². The van der Waals surface area contributed by atoms with Crippen molar-refractivity contribution < 1.29 is 17.9 Å². The van der Waals surface area contributed by atoms with Crippen LogP contribution >= 0.6 is 0 Å². The van der Waals surface area contributed by atoms with Gasteiger partial charge in [-0.25, -0.2) is 13.2 Å². The molecule has 21 heavy (non-hydrogen) atoms. The van der Waals surface area contributed by atoms with E-state index in [9.17, 15) is 13.2 Å². The Bertz CT molecular complexity index is 662. The predicted octanol–water partition coefficient (Wildman–Crippen LogP) is 1.78. The summed E-state index contributed by atoms with van der Waals surface area (Å²) >= 11 is 0. The van der Waals surface area contributed by atoms with Crippen LogP contribution < -0.4 is 0 Å². The van der Waals surface area contributed by atoms with Crippen LogP contribution in [0.4, 0.5) is 0 Å². The molecule has 0 heterocycles. The fourth-order valence-corrected chi connectivity index (χ4v) is 2.90. The Kier molecular flexibility index (Phi) is 5.47. The molecule has 0 bridgehead atoms. The van der Waals surface area contributed by atoms with Gasteiger partial charge in [0.1, 0.15) is 6.07 Å². The van der Waals surface area contributed by atoms with Crippen molar-refractivity contribution in [2.45, 2.75) is 37.8 Å². The van der Waals surface area contributed by atoms with Crippen LogP contribution in [0.15, 0.2) is 29.2 Å². The fourth-order valence-electron chi connectivity index (χ4n) is 1.48. The highest BCUT2D eigenvalue weighted by Gasteiger charge is 2.24. The van der Waals surface area contributed by atoms with E-state index in [0.717, 1.165) is 0 Å². The number of sulfonamides is 1. The molecule has 0 aliphatic rings. The Balaban J connectivity index is 3.12. The lowest BCUT2D eigenvalue weighted by molar-refractivity contribution is 0.0435. The van der Waals surface area contributed by atoms with E-state index in [-0.39, 0.29) is 16.5 Å². The molecule has 1 rings (SSSR count). The molecule has 0 aliphatic heterocycles. The van der Waals surface area contributed by atoms with Crippen LogP contribution in [0.3, 0.4) is 0 Å². The molecule has 0 saturated carbocycles. The smallest absolute Gasteiger partial charge is 0.339 e. The molecule has 0 saturated heterocycles. The topological polar surface area (TPSA) is 87.5 Å². The zero-order chi connectivity index (χ0) is 16.2. The molecule has 114 valence electrons. The lowest BCUT2D eigenvalue weighted by Crippen LogP contribution is -2.33. The summed E-state index contributed by atoms with van der Waals surface area (Å²) in [6.45, 7) is 4.94. The molecule has 0 aromatic heterocycles. The average Bonchev–Trinajstić information content (AvgIpc) is 2.46. The minimum absolute atomic E-state index is 0.0118. The highest BCUT2D eigenvalue weighted by atomic mass is 32.2. The largest absolute Gasteiger partial charge is 0.444 e. The second-order valence-corrected chi connectivity index (χ2v) is 6.82. The fraction of sp³-hybridized carbons (Fsp3) is 0.429. The normalized spacial score (nSPS) is 13.0. The van der Waals surface area contributed by atoms with Crippen molar-refractivity contribution in [1.82, 2.24) is 4.31 Å². The van der Waals surface area contributed by atoms with Crippen molar-refractivity contribution in [3.05, 3.63) is 29.8 Å². The molecule has 0 unspecified atom stereocenters. The number of carbonyl (C=O) groups is 1. The minimum Gasteiger partial charge on any atom is -0.444 e. The Morgan fingerprint density at radius 3 is 2.48 bits per heavy atom. The molecule has 1 aromatic carbocycles. The first-order valence-corrected chi connectivity index (χ1v) is 7.83. The molecule has 0 radical (unpaired) electrons. The van der Waals surface area contributed by atoms with E-state index < -0.39 is 22.1 Å². The van der Waals surface area contributed by atoms with Crippen LogP contribution in [0.1, 0.15) is 31.1 Å². The van der Waals surface area contributed by atoms with Crippen LogP contribution in [0.25, 0.3) is 0 Å². The zero-order valence-corrected chi connectivity index (χ0v) is 13.2. The number of rotatable bonds is 5. The molecule has 0 spiro atoms. The molecule has 1 aromatic rings. The molecule has 1 atom stereocenters. The Morgan fingerprint density at radius 1 is 1.33 bits per heavy atom. The second-order valence-electron chi connectivity index (χ2n) is 4.82. The SMILES string of the molecule is CC(C)N(C)S(=O)(=O)c1cccc(C(=O)O[C@@H](C)C#N)c1. The lowest BCUT2D eigenvalue weighted by atomic mass is 10.2. The molecule has 6 nitrogen and oxygen atoms in total. The summed E-state index contributed by atoms with van der Waals surface area (Å²) in [6.07, 6.45) is -0.892. The number of esters is 1. The lowest BCUT2D eigenvalue weighted by Gasteiger charge is -2.21. The van der Waals surface area contributed by atoms with Crippen molar-refractivity contribution in [1.29, 1.82) is 5.26 Å². The Morgan fingerprint density at radius 2 is 1.95 bits per heavy atom. The maximum Gasteiger partial charge on any atom is 0.339 e. The van der Waals surface area contributed by atoms with Crippen molar-refractivity contribution >= 4 is 16.0 Å². The highest BCUT2D eigenvalue weighted by molar-refractivity contribution is 7.89. The van der Waals surface area contributed by atoms with E-state index >= 15 is 0 Å². The molecule has 0 amide bonds. The number of nitriles is 1. The maximum absolute atomic E-state index is 12.3. The third-order valence-electron chi connectivity index (χ3n) is 2.94. The summed E-state index contributed by atoms with van der Waals surface area (Å²) in [5, 5.41) is 8.62. The molecule has 0 aliphatic carbocycles. The van der Waals surface area contributed by atoms with Crippen molar-refractivity contribution in [3.63, 3.8) is 0 Å². The van der Waals surface area contributed by atoms with Gasteiger partial charge in [0.2, 0.25) is 10.0 Å². The van der Waals surface area contributed by atoms with E-state index in [0.29, 0.717) is 0 Å². The van der Waals surface area contributed by atoms with Gasteiger partial charge in [-0.05, 0) is 39.0 Å². The van der Waals surface area contributed by atoms with Crippen LogP contribution in [-0.4, -0.2) is 37.9 Å². The first-order chi connectivity index (χ1) is 9.70. The molecular weight excluding hydrogens is 292 g/mol. The van der Waals surface area contributed by atoms with Gasteiger partial charge in [0.15, 0.2) is 6.10 Å². The van der Waals surface area contributed by atoms with E-state index in [1.807, 2.05) is 0 Å².